The first-order chi connectivity index (χ1) is 19.5. The van der Waals surface area contributed by atoms with Crippen molar-refractivity contribution in [2.75, 3.05) is 42.5 Å². The van der Waals surface area contributed by atoms with Crippen LogP contribution in [0.5, 0.6) is 0 Å². The Morgan fingerprint density at radius 3 is 2.35 bits per heavy atom. The highest BCUT2D eigenvalue weighted by molar-refractivity contribution is 5.98. The number of piperazine rings is 1. The van der Waals surface area contributed by atoms with Gasteiger partial charge in [0.15, 0.2) is 12.1 Å². The van der Waals surface area contributed by atoms with Crippen LogP contribution in [0.1, 0.15) is 28.8 Å². The van der Waals surface area contributed by atoms with Crippen molar-refractivity contribution in [3.63, 3.8) is 0 Å². The third kappa shape index (κ3) is 6.84. The van der Waals surface area contributed by atoms with Crippen molar-refractivity contribution in [1.29, 1.82) is 0 Å². The minimum Gasteiger partial charge on any atom is -0.442 e. The number of ketones is 1. The first kappa shape index (κ1) is 27.3. The number of nitrogens with one attached hydrogen (secondary N) is 1. The number of anilines is 2. The monoisotopic (exact) mass is 544 g/mol. The zero-order valence-electron chi connectivity index (χ0n) is 22.2. The molecular formula is C31H33FN4O4. The lowest BCUT2D eigenvalue weighted by Crippen LogP contribution is -2.50. The fourth-order valence-corrected chi connectivity index (χ4v) is 5.02. The summed E-state index contributed by atoms with van der Waals surface area (Å²) in [6.45, 7) is 2.50. The number of hydrogen-bond acceptors (Lipinski definition) is 6. The topological polar surface area (TPSA) is 82.2 Å². The van der Waals surface area contributed by atoms with Crippen LogP contribution in [0.4, 0.5) is 20.6 Å². The van der Waals surface area contributed by atoms with Gasteiger partial charge < -0.3 is 15.0 Å². The molecule has 0 aromatic heterocycles. The van der Waals surface area contributed by atoms with Crippen LogP contribution in [0.3, 0.4) is 0 Å². The molecule has 8 nitrogen and oxygen atoms in total. The van der Waals surface area contributed by atoms with Crippen LogP contribution in [0, 0.1) is 0 Å². The lowest BCUT2D eigenvalue weighted by atomic mass is 10.1. The average Bonchev–Trinajstić information content (AvgIpc) is 3.37. The molecule has 3 aromatic rings. The first-order valence-corrected chi connectivity index (χ1v) is 13.6. The molecule has 1 N–H and O–H groups in total. The van der Waals surface area contributed by atoms with Crippen molar-refractivity contribution in [1.82, 2.24) is 10.2 Å². The summed E-state index contributed by atoms with van der Waals surface area (Å²) in [5.74, 6) is -0.362. The molecule has 208 valence electrons. The van der Waals surface area contributed by atoms with Crippen LogP contribution in [-0.2, 0) is 16.1 Å². The number of halogens is 1. The van der Waals surface area contributed by atoms with Crippen molar-refractivity contribution in [2.45, 2.75) is 31.8 Å². The zero-order valence-corrected chi connectivity index (χ0v) is 22.2. The molecule has 9 heteroatoms. The third-order valence-electron chi connectivity index (χ3n) is 7.24. The zero-order chi connectivity index (χ0) is 27.9. The first-order valence-electron chi connectivity index (χ1n) is 13.6. The molecule has 3 aromatic carbocycles. The smallest absolute Gasteiger partial charge is 0.414 e. The fraction of sp³-hybridized carbons (Fsp3) is 0.323. The molecule has 0 radical (unpaired) electrons. The van der Waals surface area contributed by atoms with Crippen LogP contribution in [-0.4, -0.2) is 67.8 Å². The number of rotatable bonds is 10. The maximum Gasteiger partial charge on any atom is 0.414 e. The molecule has 2 aliphatic rings. The van der Waals surface area contributed by atoms with Gasteiger partial charge in [-0.15, -0.1) is 0 Å². The van der Waals surface area contributed by atoms with Gasteiger partial charge in [0.1, 0.15) is 6.10 Å². The maximum absolute atomic E-state index is 15.1. The van der Waals surface area contributed by atoms with Crippen molar-refractivity contribution in [3.8, 4) is 0 Å². The molecular weight excluding hydrogens is 511 g/mol. The SMILES string of the molecule is O=C(CCC(=O)c1ccccc1)NCC1CN(c2cccc(N3CCN(Cc4ccccc4)C(F)C3)c2)C(=O)O1. The van der Waals surface area contributed by atoms with E-state index in [9.17, 15) is 14.4 Å². The number of carbonyl (C=O) groups is 3. The van der Waals surface area contributed by atoms with Crippen molar-refractivity contribution >= 4 is 29.2 Å². The predicted octanol–water partition coefficient (Wildman–Crippen LogP) is 4.41. The van der Waals surface area contributed by atoms with Gasteiger partial charge in [-0.25, -0.2) is 9.18 Å². The number of cyclic esters (lactones) is 1. The van der Waals surface area contributed by atoms with E-state index in [1.165, 1.54) is 4.90 Å². The number of carbonyl (C=O) groups excluding carboxylic acids is 3. The number of ether oxygens (including phenoxy) is 1. The van der Waals surface area contributed by atoms with Gasteiger partial charge in [-0.2, -0.15) is 0 Å². The summed E-state index contributed by atoms with van der Waals surface area (Å²) in [6.07, 6.45) is -1.94. The van der Waals surface area contributed by atoms with Crippen LogP contribution < -0.4 is 15.1 Å². The van der Waals surface area contributed by atoms with E-state index < -0.39 is 18.5 Å². The summed E-state index contributed by atoms with van der Waals surface area (Å²) in [4.78, 5) is 42.5. The van der Waals surface area contributed by atoms with Gasteiger partial charge >= 0.3 is 6.09 Å². The lowest BCUT2D eigenvalue weighted by molar-refractivity contribution is -0.121. The number of nitrogens with zero attached hydrogens (tertiary/aromatic N) is 3. The van der Waals surface area contributed by atoms with E-state index in [2.05, 4.69) is 5.32 Å². The highest BCUT2D eigenvalue weighted by Crippen LogP contribution is 2.28. The number of alkyl halides is 1. The van der Waals surface area contributed by atoms with Gasteiger partial charge in [0, 0.05) is 49.4 Å². The van der Waals surface area contributed by atoms with Crippen LogP contribution in [0.15, 0.2) is 84.9 Å². The second-order valence-electron chi connectivity index (χ2n) is 10.1. The summed E-state index contributed by atoms with van der Waals surface area (Å²) in [5.41, 5.74) is 3.16. The Morgan fingerprint density at radius 2 is 1.60 bits per heavy atom. The van der Waals surface area contributed by atoms with E-state index in [4.69, 9.17) is 4.74 Å². The second-order valence-corrected chi connectivity index (χ2v) is 10.1. The Kier molecular flexibility index (Phi) is 8.71. The molecule has 40 heavy (non-hydrogen) atoms. The van der Waals surface area contributed by atoms with Crippen LogP contribution >= 0.6 is 0 Å². The summed E-state index contributed by atoms with van der Waals surface area (Å²) in [7, 11) is 0. The minimum atomic E-state index is -1.11. The van der Waals surface area contributed by atoms with Gasteiger partial charge in [0.05, 0.1) is 19.6 Å². The van der Waals surface area contributed by atoms with Gasteiger partial charge in [-0.3, -0.25) is 19.4 Å². The standard InChI is InChI=1S/C31H33FN4O4/c32-29-22-34(16-17-35(29)20-23-8-3-1-4-9-23)25-12-7-13-26(18-25)36-21-27(40-31(36)39)19-33-30(38)15-14-28(37)24-10-5-2-6-11-24/h1-13,18,27,29H,14-17,19-22H2,(H,33,38). The number of amides is 2. The molecule has 2 heterocycles. The molecule has 0 spiro atoms. The molecule has 5 rings (SSSR count). The molecule has 0 saturated carbocycles. The van der Waals surface area contributed by atoms with Gasteiger partial charge in [-0.05, 0) is 23.8 Å². The Labute approximate surface area is 233 Å². The third-order valence-corrected chi connectivity index (χ3v) is 7.24. The number of hydrogen-bond donors (Lipinski definition) is 1. The molecule has 2 aliphatic heterocycles. The maximum atomic E-state index is 15.1. The molecule has 0 aliphatic carbocycles. The van der Waals surface area contributed by atoms with E-state index in [0.717, 1.165) is 11.3 Å². The summed E-state index contributed by atoms with van der Waals surface area (Å²) in [5, 5.41) is 2.76. The quantitative estimate of drug-likeness (QED) is 0.301. The average molecular weight is 545 g/mol. The molecule has 2 amide bonds. The van der Waals surface area contributed by atoms with E-state index in [0.29, 0.717) is 30.9 Å². The highest BCUT2D eigenvalue weighted by Gasteiger charge is 2.33. The highest BCUT2D eigenvalue weighted by atomic mass is 19.1. The fourth-order valence-electron chi connectivity index (χ4n) is 5.02. The molecule has 2 saturated heterocycles. The lowest BCUT2D eigenvalue weighted by Gasteiger charge is -2.39. The summed E-state index contributed by atoms with van der Waals surface area (Å²) < 4.78 is 20.5. The van der Waals surface area contributed by atoms with Crippen LogP contribution in [0.2, 0.25) is 0 Å². The summed E-state index contributed by atoms with van der Waals surface area (Å²) >= 11 is 0. The second kappa shape index (κ2) is 12.7. The predicted molar refractivity (Wildman–Crippen MR) is 151 cm³/mol. The van der Waals surface area contributed by atoms with Crippen LogP contribution in [0.25, 0.3) is 0 Å². The van der Waals surface area contributed by atoms with Crippen molar-refractivity contribution < 1.29 is 23.5 Å². The minimum absolute atomic E-state index is 0.0638. The van der Waals surface area contributed by atoms with Crippen molar-refractivity contribution in [3.05, 3.63) is 96.1 Å². The van der Waals surface area contributed by atoms with E-state index in [1.807, 2.05) is 70.5 Å². The van der Waals surface area contributed by atoms with Gasteiger partial charge in [0.2, 0.25) is 5.91 Å². The van der Waals surface area contributed by atoms with Gasteiger partial charge in [0.25, 0.3) is 0 Å². The Balaban J connectivity index is 1.10. The molecule has 2 unspecified atom stereocenters. The van der Waals surface area contributed by atoms with Crippen molar-refractivity contribution in [2.24, 2.45) is 0 Å². The van der Waals surface area contributed by atoms with E-state index in [-0.39, 0.29) is 44.2 Å². The Bertz CT molecular complexity index is 1320. The molecule has 2 atom stereocenters. The number of benzene rings is 3. The molecule has 2 fully saturated rings. The van der Waals surface area contributed by atoms with E-state index >= 15 is 4.39 Å². The normalized spacial score (nSPS) is 19.4. The number of Topliss-reactive ketones (excluding diaryl/α,β-unsaturated/α-hetero) is 1. The van der Waals surface area contributed by atoms with Gasteiger partial charge in [-0.1, -0.05) is 66.7 Å². The summed E-state index contributed by atoms with van der Waals surface area (Å²) in [6, 6.07) is 26.2. The largest absolute Gasteiger partial charge is 0.442 e. The Hall–Kier alpha value is -4.24. The van der Waals surface area contributed by atoms with E-state index in [1.54, 1.807) is 24.3 Å². The molecule has 0 bridgehead atoms. The Morgan fingerprint density at radius 1 is 0.875 bits per heavy atom.